The van der Waals surface area contributed by atoms with Crippen molar-refractivity contribution in [2.24, 2.45) is 5.73 Å². The summed E-state index contributed by atoms with van der Waals surface area (Å²) in [6, 6.07) is 0. The maximum Gasteiger partial charge on any atom is 0.243 e. The van der Waals surface area contributed by atoms with Gasteiger partial charge < -0.3 is 10.5 Å². The molecule has 0 unspecified atom stereocenters. The molecule has 0 aliphatic carbocycles. The van der Waals surface area contributed by atoms with Crippen LogP contribution in [0.25, 0.3) is 0 Å². The maximum atomic E-state index is 7.32. The van der Waals surface area contributed by atoms with Gasteiger partial charge in [-0.2, -0.15) is 0 Å². The second-order valence-corrected chi connectivity index (χ2v) is 3.53. The van der Waals surface area contributed by atoms with Gasteiger partial charge >= 0.3 is 0 Å². The Hall–Kier alpha value is -1.65. The van der Waals surface area contributed by atoms with E-state index in [2.05, 4.69) is 16.9 Å². The average molecular weight is 222 g/mol. The minimum absolute atomic E-state index is 0.114. The van der Waals surface area contributed by atoms with Crippen LogP contribution in [-0.4, -0.2) is 22.4 Å². The third kappa shape index (κ3) is 3.84. The highest BCUT2D eigenvalue weighted by Gasteiger charge is 2.08. The molecule has 5 heteroatoms. The van der Waals surface area contributed by atoms with E-state index in [0.717, 1.165) is 12.8 Å². The predicted octanol–water partition coefficient (Wildman–Crippen LogP) is 1.72. The van der Waals surface area contributed by atoms with Crippen molar-refractivity contribution in [2.75, 3.05) is 6.61 Å². The van der Waals surface area contributed by atoms with Crippen LogP contribution in [0.4, 0.5) is 0 Å². The van der Waals surface area contributed by atoms with Crippen LogP contribution in [0.15, 0.2) is 12.4 Å². The van der Waals surface area contributed by atoms with Crippen molar-refractivity contribution in [3.8, 4) is 5.88 Å². The zero-order valence-corrected chi connectivity index (χ0v) is 9.57. The summed E-state index contributed by atoms with van der Waals surface area (Å²) in [5, 5.41) is 7.32. The van der Waals surface area contributed by atoms with Crippen LogP contribution in [0.3, 0.4) is 0 Å². The van der Waals surface area contributed by atoms with Gasteiger partial charge in [0.2, 0.25) is 5.88 Å². The van der Waals surface area contributed by atoms with Crippen LogP contribution >= 0.6 is 0 Å². The summed E-state index contributed by atoms with van der Waals surface area (Å²) in [5.41, 5.74) is 5.68. The number of nitrogen functional groups attached to an aromatic ring is 1. The topological polar surface area (TPSA) is 84.9 Å². The molecule has 0 amide bonds. The molecular formula is C11H18N4O. The molecular weight excluding hydrogens is 204 g/mol. The Kier molecular flexibility index (Phi) is 5.25. The fraction of sp³-hybridized carbons (Fsp3) is 0.545. The van der Waals surface area contributed by atoms with Crippen LogP contribution in [0.2, 0.25) is 0 Å². The number of amidine groups is 1. The molecule has 0 radical (unpaired) electrons. The Morgan fingerprint density at radius 1 is 1.31 bits per heavy atom. The second kappa shape index (κ2) is 6.76. The molecule has 0 atom stereocenters. The summed E-state index contributed by atoms with van der Waals surface area (Å²) in [6.07, 6.45) is 7.58. The molecule has 3 N–H and O–H groups in total. The van der Waals surface area contributed by atoms with E-state index in [-0.39, 0.29) is 5.84 Å². The Morgan fingerprint density at radius 2 is 2.06 bits per heavy atom. The number of hydrogen-bond acceptors (Lipinski definition) is 4. The second-order valence-electron chi connectivity index (χ2n) is 3.53. The molecule has 0 spiro atoms. The van der Waals surface area contributed by atoms with E-state index < -0.39 is 0 Å². The first kappa shape index (κ1) is 12.4. The largest absolute Gasteiger partial charge is 0.476 e. The molecule has 0 aliphatic heterocycles. The Bertz CT molecular complexity index is 341. The van der Waals surface area contributed by atoms with Crippen molar-refractivity contribution < 1.29 is 4.74 Å². The third-order valence-electron chi connectivity index (χ3n) is 2.16. The maximum absolute atomic E-state index is 7.32. The summed E-state index contributed by atoms with van der Waals surface area (Å²) >= 11 is 0. The molecule has 0 aromatic carbocycles. The number of rotatable bonds is 7. The first-order valence-corrected chi connectivity index (χ1v) is 5.54. The van der Waals surface area contributed by atoms with E-state index >= 15 is 0 Å². The molecule has 1 aromatic heterocycles. The standard InChI is InChI=1S/C11H18N4O/c1-2-3-4-5-8-16-11-9(10(12)13)14-6-7-15-11/h6-7H,2-5,8H2,1H3,(H3,12,13). The van der Waals surface area contributed by atoms with Gasteiger partial charge in [0, 0.05) is 12.4 Å². The molecule has 5 nitrogen and oxygen atoms in total. The summed E-state index contributed by atoms with van der Waals surface area (Å²) in [6.45, 7) is 2.76. The van der Waals surface area contributed by atoms with Crippen LogP contribution < -0.4 is 10.5 Å². The number of nitrogens with two attached hydrogens (primary N) is 1. The van der Waals surface area contributed by atoms with Gasteiger partial charge in [-0.3, -0.25) is 5.41 Å². The summed E-state index contributed by atoms with van der Waals surface area (Å²) < 4.78 is 5.45. The number of unbranched alkanes of at least 4 members (excludes halogenated alkanes) is 3. The molecule has 0 fully saturated rings. The van der Waals surface area contributed by atoms with Crippen LogP contribution in [0, 0.1) is 5.41 Å². The van der Waals surface area contributed by atoms with Gasteiger partial charge in [-0.05, 0) is 6.42 Å². The van der Waals surface area contributed by atoms with Gasteiger partial charge in [0.1, 0.15) is 5.84 Å². The van der Waals surface area contributed by atoms with Crippen molar-refractivity contribution in [3.63, 3.8) is 0 Å². The van der Waals surface area contributed by atoms with E-state index in [1.807, 2.05) is 0 Å². The number of nitrogens with one attached hydrogen (secondary N) is 1. The third-order valence-corrected chi connectivity index (χ3v) is 2.16. The first-order chi connectivity index (χ1) is 7.75. The number of ether oxygens (including phenoxy) is 1. The number of nitrogens with zero attached hydrogens (tertiary/aromatic N) is 2. The zero-order valence-electron chi connectivity index (χ0n) is 9.57. The van der Waals surface area contributed by atoms with E-state index in [1.54, 1.807) is 0 Å². The van der Waals surface area contributed by atoms with Gasteiger partial charge in [0.15, 0.2) is 5.69 Å². The SMILES string of the molecule is CCCCCCOc1nccnc1C(=N)N. The zero-order chi connectivity index (χ0) is 11.8. The van der Waals surface area contributed by atoms with Gasteiger partial charge in [0.25, 0.3) is 0 Å². The van der Waals surface area contributed by atoms with Crippen LogP contribution in [0.1, 0.15) is 38.3 Å². The number of aromatic nitrogens is 2. The van der Waals surface area contributed by atoms with Crippen LogP contribution in [-0.2, 0) is 0 Å². The summed E-state index contributed by atoms with van der Waals surface area (Å²) in [7, 11) is 0. The smallest absolute Gasteiger partial charge is 0.243 e. The van der Waals surface area contributed by atoms with E-state index in [4.69, 9.17) is 15.9 Å². The normalized spacial score (nSPS) is 10.1. The van der Waals surface area contributed by atoms with E-state index in [9.17, 15) is 0 Å². The van der Waals surface area contributed by atoms with E-state index in [1.165, 1.54) is 25.2 Å². The summed E-state index contributed by atoms with van der Waals surface area (Å²) in [5.74, 6) is 0.239. The highest BCUT2D eigenvalue weighted by atomic mass is 16.5. The minimum atomic E-state index is -0.114. The minimum Gasteiger partial charge on any atom is -0.476 e. The van der Waals surface area contributed by atoms with Gasteiger partial charge in [-0.1, -0.05) is 26.2 Å². The Morgan fingerprint density at radius 3 is 2.75 bits per heavy atom. The quantitative estimate of drug-likeness (QED) is 0.418. The summed E-state index contributed by atoms with van der Waals surface area (Å²) in [4.78, 5) is 7.97. The Balaban J connectivity index is 2.44. The lowest BCUT2D eigenvalue weighted by Gasteiger charge is -2.07. The lowest BCUT2D eigenvalue weighted by Crippen LogP contribution is -2.16. The fourth-order valence-corrected chi connectivity index (χ4v) is 1.31. The molecule has 0 saturated heterocycles. The molecule has 1 rings (SSSR count). The predicted molar refractivity (Wildman–Crippen MR) is 62.7 cm³/mol. The highest BCUT2D eigenvalue weighted by Crippen LogP contribution is 2.11. The molecule has 0 saturated carbocycles. The average Bonchev–Trinajstić information content (AvgIpc) is 2.29. The van der Waals surface area contributed by atoms with Crippen LogP contribution in [0.5, 0.6) is 5.88 Å². The highest BCUT2D eigenvalue weighted by molar-refractivity contribution is 5.94. The molecule has 0 aliphatic rings. The van der Waals surface area contributed by atoms with E-state index in [0.29, 0.717) is 18.2 Å². The molecule has 1 aromatic rings. The van der Waals surface area contributed by atoms with Gasteiger partial charge in [-0.15, -0.1) is 0 Å². The number of hydrogen-bond donors (Lipinski definition) is 2. The van der Waals surface area contributed by atoms with Crippen molar-refractivity contribution >= 4 is 5.84 Å². The van der Waals surface area contributed by atoms with Gasteiger partial charge in [0.05, 0.1) is 6.61 Å². The lowest BCUT2D eigenvalue weighted by molar-refractivity contribution is 0.292. The molecule has 1 heterocycles. The molecule has 16 heavy (non-hydrogen) atoms. The Labute approximate surface area is 95.6 Å². The first-order valence-electron chi connectivity index (χ1n) is 5.54. The monoisotopic (exact) mass is 222 g/mol. The molecule has 88 valence electrons. The van der Waals surface area contributed by atoms with Gasteiger partial charge in [-0.25, -0.2) is 9.97 Å². The molecule has 0 bridgehead atoms. The van der Waals surface area contributed by atoms with Crippen molar-refractivity contribution in [1.29, 1.82) is 5.41 Å². The fourth-order valence-electron chi connectivity index (χ4n) is 1.31. The van der Waals surface area contributed by atoms with Crippen molar-refractivity contribution in [1.82, 2.24) is 9.97 Å². The van der Waals surface area contributed by atoms with Crippen molar-refractivity contribution in [3.05, 3.63) is 18.1 Å². The van der Waals surface area contributed by atoms with Crippen molar-refractivity contribution in [2.45, 2.75) is 32.6 Å². The lowest BCUT2D eigenvalue weighted by atomic mass is 10.2.